The minimum absolute atomic E-state index is 0.295. The number of rotatable bonds is 8. The van der Waals surface area contributed by atoms with Crippen LogP contribution in [0.25, 0.3) is 6.08 Å². The number of carbonyl (C=O) groups excluding carboxylic acids is 1. The zero-order valence-corrected chi connectivity index (χ0v) is 16.8. The number of benzene rings is 2. The molecule has 1 aliphatic rings. The minimum Gasteiger partial charge on any atom is -0.384 e. The Kier molecular flexibility index (Phi) is 6.68. The van der Waals surface area contributed by atoms with Gasteiger partial charge in [-0.2, -0.15) is 8.78 Å². The molecule has 2 aromatic rings. The van der Waals surface area contributed by atoms with E-state index in [0.717, 1.165) is 24.1 Å². The Morgan fingerprint density at radius 1 is 1.03 bits per heavy atom. The van der Waals surface area contributed by atoms with Crippen LogP contribution in [0.4, 0.5) is 14.5 Å². The van der Waals surface area contributed by atoms with Gasteiger partial charge in [-0.05, 0) is 30.5 Å². The van der Waals surface area contributed by atoms with Crippen molar-refractivity contribution >= 4 is 17.7 Å². The molecule has 0 spiro atoms. The van der Waals surface area contributed by atoms with Crippen molar-refractivity contribution in [1.29, 1.82) is 0 Å². The molecule has 0 aliphatic carbocycles. The van der Waals surface area contributed by atoms with E-state index in [9.17, 15) is 13.6 Å². The van der Waals surface area contributed by atoms with Gasteiger partial charge in [-0.3, -0.25) is 4.79 Å². The van der Waals surface area contributed by atoms with E-state index >= 15 is 0 Å². The summed E-state index contributed by atoms with van der Waals surface area (Å²) in [6.45, 7) is 2.91. The molecule has 1 unspecified atom stereocenters. The first-order valence-electron chi connectivity index (χ1n) is 10.1. The van der Waals surface area contributed by atoms with Crippen molar-refractivity contribution < 1.29 is 13.6 Å². The molecule has 1 N–H and O–H groups in total. The lowest BCUT2D eigenvalue weighted by Gasteiger charge is -2.32. The molecule has 0 radical (unpaired) electrons. The first kappa shape index (κ1) is 21.0. The lowest BCUT2D eigenvalue weighted by Crippen LogP contribution is -2.45. The number of alkyl halides is 2. The third-order valence-electron chi connectivity index (χ3n) is 5.28. The molecule has 1 amide bonds. The third kappa shape index (κ3) is 5.89. The van der Waals surface area contributed by atoms with Crippen LogP contribution in [-0.4, -0.2) is 36.4 Å². The molecular formula is C24H28F2N2O. The number of carbonyl (C=O) groups is 1. The van der Waals surface area contributed by atoms with Crippen LogP contribution in [0.2, 0.25) is 0 Å². The maximum Gasteiger partial charge on any atom is 0.325 e. The van der Waals surface area contributed by atoms with Crippen LogP contribution in [0, 0.1) is 5.41 Å². The van der Waals surface area contributed by atoms with Crippen molar-refractivity contribution in [2.24, 2.45) is 5.41 Å². The predicted octanol–water partition coefficient (Wildman–Crippen LogP) is 5.47. The molecule has 5 heteroatoms. The van der Waals surface area contributed by atoms with Crippen LogP contribution in [-0.2, 0) is 4.79 Å². The maximum atomic E-state index is 15.0. The summed E-state index contributed by atoms with van der Waals surface area (Å²) in [6, 6.07) is 19.1. The number of nitrogens with zero attached hydrogens (tertiary/aromatic N) is 1. The van der Waals surface area contributed by atoms with Gasteiger partial charge in [-0.15, -0.1) is 0 Å². The average molecular weight is 398 g/mol. The molecule has 0 saturated carbocycles. The van der Waals surface area contributed by atoms with E-state index in [1.165, 1.54) is 4.90 Å². The van der Waals surface area contributed by atoms with Crippen molar-refractivity contribution in [2.75, 3.05) is 25.0 Å². The summed E-state index contributed by atoms with van der Waals surface area (Å²) >= 11 is 0. The number of likely N-dealkylation sites (tertiary alicyclic amines) is 1. The molecule has 1 saturated heterocycles. The molecule has 1 atom stereocenters. The van der Waals surface area contributed by atoms with Crippen LogP contribution in [0.1, 0.15) is 31.7 Å². The van der Waals surface area contributed by atoms with E-state index < -0.39 is 23.7 Å². The highest BCUT2D eigenvalue weighted by atomic mass is 19.3. The van der Waals surface area contributed by atoms with Crippen molar-refractivity contribution in [3.05, 3.63) is 72.3 Å². The molecular weight excluding hydrogens is 370 g/mol. The second-order valence-electron chi connectivity index (χ2n) is 8.00. The minimum atomic E-state index is -3.40. The number of halogens is 2. The number of hydrogen-bond donors (Lipinski definition) is 1. The van der Waals surface area contributed by atoms with Crippen LogP contribution in [0.15, 0.2) is 66.7 Å². The van der Waals surface area contributed by atoms with E-state index in [-0.39, 0.29) is 0 Å². The fraction of sp³-hybridized carbons (Fsp3) is 0.375. The molecule has 3 nitrogen and oxygen atoms in total. The topological polar surface area (TPSA) is 32.3 Å². The summed E-state index contributed by atoms with van der Waals surface area (Å²) in [5, 5.41) is 3.24. The van der Waals surface area contributed by atoms with Crippen LogP contribution < -0.4 is 5.32 Å². The number of para-hydroxylation sites is 1. The monoisotopic (exact) mass is 398 g/mol. The van der Waals surface area contributed by atoms with Crippen LogP contribution >= 0.6 is 0 Å². The standard InChI is InChI=1S/C24H28F2N2O/c1-23(15-14-20-10-4-2-5-11-20,19-27-21-12-6-3-7-13-21)18-24(25,26)22(29)28-16-8-9-17-28/h2-7,10-15,27H,8-9,16-19H2,1H3/b15-14+. The largest absolute Gasteiger partial charge is 0.384 e. The molecule has 154 valence electrons. The maximum absolute atomic E-state index is 15.0. The van der Waals surface area contributed by atoms with Crippen LogP contribution in [0.3, 0.4) is 0 Å². The van der Waals surface area contributed by atoms with Crippen molar-refractivity contribution in [3.63, 3.8) is 0 Å². The predicted molar refractivity (Wildman–Crippen MR) is 114 cm³/mol. The number of amides is 1. The Bertz CT molecular complexity index is 817. The summed E-state index contributed by atoms with van der Waals surface area (Å²) in [5.41, 5.74) is 0.888. The smallest absolute Gasteiger partial charge is 0.325 e. The number of hydrogen-bond acceptors (Lipinski definition) is 2. The first-order valence-corrected chi connectivity index (χ1v) is 10.1. The quantitative estimate of drug-likeness (QED) is 0.640. The van der Waals surface area contributed by atoms with Gasteiger partial charge in [0, 0.05) is 37.2 Å². The zero-order chi connectivity index (χ0) is 20.7. The Balaban J connectivity index is 1.78. The highest BCUT2D eigenvalue weighted by molar-refractivity contribution is 5.83. The lowest BCUT2D eigenvalue weighted by molar-refractivity contribution is -0.159. The van der Waals surface area contributed by atoms with E-state index in [1.54, 1.807) is 13.0 Å². The molecule has 0 bridgehead atoms. The highest BCUT2D eigenvalue weighted by Gasteiger charge is 2.47. The summed E-state index contributed by atoms with van der Waals surface area (Å²) in [6.07, 6.45) is 4.69. The molecule has 1 aliphatic heterocycles. The van der Waals surface area contributed by atoms with Gasteiger partial charge in [0.25, 0.3) is 5.91 Å². The summed E-state index contributed by atoms with van der Waals surface area (Å²) < 4.78 is 29.9. The number of anilines is 1. The van der Waals surface area contributed by atoms with Gasteiger partial charge in [0.1, 0.15) is 0 Å². The van der Waals surface area contributed by atoms with E-state index in [2.05, 4.69) is 5.32 Å². The van der Waals surface area contributed by atoms with E-state index in [1.807, 2.05) is 66.7 Å². The summed E-state index contributed by atoms with van der Waals surface area (Å²) in [5.74, 6) is -4.45. The molecule has 2 aromatic carbocycles. The fourth-order valence-electron chi connectivity index (χ4n) is 3.64. The fourth-order valence-corrected chi connectivity index (χ4v) is 3.64. The second kappa shape index (κ2) is 9.21. The van der Waals surface area contributed by atoms with Crippen LogP contribution in [0.5, 0.6) is 0 Å². The third-order valence-corrected chi connectivity index (χ3v) is 5.28. The second-order valence-corrected chi connectivity index (χ2v) is 8.00. The Labute approximate surface area is 171 Å². The summed E-state index contributed by atoms with van der Waals surface area (Å²) in [7, 11) is 0. The molecule has 1 fully saturated rings. The lowest BCUT2D eigenvalue weighted by atomic mass is 9.82. The molecule has 29 heavy (non-hydrogen) atoms. The molecule has 3 rings (SSSR count). The molecule has 0 aromatic heterocycles. The highest BCUT2D eigenvalue weighted by Crippen LogP contribution is 2.36. The molecule has 1 heterocycles. The Hall–Kier alpha value is -2.69. The van der Waals surface area contributed by atoms with Gasteiger partial charge in [0.15, 0.2) is 0 Å². The Morgan fingerprint density at radius 2 is 1.62 bits per heavy atom. The Morgan fingerprint density at radius 3 is 2.24 bits per heavy atom. The van der Waals surface area contributed by atoms with Crippen molar-refractivity contribution in [1.82, 2.24) is 4.90 Å². The van der Waals surface area contributed by atoms with Gasteiger partial charge in [-0.1, -0.05) is 67.6 Å². The summed E-state index contributed by atoms with van der Waals surface area (Å²) in [4.78, 5) is 13.7. The van der Waals surface area contributed by atoms with E-state index in [0.29, 0.717) is 19.6 Å². The van der Waals surface area contributed by atoms with Gasteiger partial charge in [0.05, 0.1) is 0 Å². The van der Waals surface area contributed by atoms with Gasteiger partial charge in [0.2, 0.25) is 0 Å². The normalized spacial score (nSPS) is 16.7. The van der Waals surface area contributed by atoms with Gasteiger partial charge in [-0.25, -0.2) is 0 Å². The van der Waals surface area contributed by atoms with Crippen molar-refractivity contribution in [3.8, 4) is 0 Å². The van der Waals surface area contributed by atoms with Gasteiger partial charge < -0.3 is 10.2 Å². The zero-order valence-electron chi connectivity index (χ0n) is 16.8. The van der Waals surface area contributed by atoms with Gasteiger partial charge >= 0.3 is 5.92 Å². The first-order chi connectivity index (χ1) is 13.9. The number of nitrogens with one attached hydrogen (secondary N) is 1. The average Bonchev–Trinajstić information content (AvgIpc) is 3.26. The van der Waals surface area contributed by atoms with E-state index in [4.69, 9.17) is 0 Å². The SMILES string of the molecule is CC(/C=C/c1ccccc1)(CNc1ccccc1)CC(F)(F)C(=O)N1CCCC1. The van der Waals surface area contributed by atoms with Crippen molar-refractivity contribution in [2.45, 2.75) is 32.1 Å².